The largest absolute Gasteiger partial charge is 0.362 e. The van der Waals surface area contributed by atoms with E-state index in [1.165, 1.54) is 17.7 Å². The molecule has 0 amide bonds. The molecule has 0 aromatic carbocycles. The van der Waals surface area contributed by atoms with E-state index in [9.17, 15) is 10.1 Å². The molecule has 0 aliphatic rings. The van der Waals surface area contributed by atoms with E-state index < -0.39 is 4.92 Å². The topological polar surface area (TPSA) is 106 Å². The Hall–Kier alpha value is -2.29. The van der Waals surface area contributed by atoms with Crippen molar-refractivity contribution in [1.29, 1.82) is 0 Å². The van der Waals surface area contributed by atoms with Crippen molar-refractivity contribution >= 4 is 33.8 Å². The van der Waals surface area contributed by atoms with E-state index in [2.05, 4.69) is 25.6 Å². The molecule has 0 spiro atoms. The van der Waals surface area contributed by atoms with Crippen molar-refractivity contribution in [1.82, 2.24) is 15.0 Å². The fourth-order valence-corrected chi connectivity index (χ4v) is 2.46. The highest BCUT2D eigenvalue weighted by Crippen LogP contribution is 2.33. The summed E-state index contributed by atoms with van der Waals surface area (Å²) in [6.45, 7) is 7.59. The molecule has 0 atom stereocenters. The fourth-order valence-electron chi connectivity index (χ4n) is 1.65. The zero-order chi connectivity index (χ0) is 15.6. The predicted molar refractivity (Wildman–Crippen MR) is 82.3 cm³/mol. The number of hydrogen-bond donors (Lipinski definition) is 2. The molecule has 2 rings (SSSR count). The lowest BCUT2D eigenvalue weighted by atomic mass is 10.3. The lowest BCUT2D eigenvalue weighted by Crippen LogP contribution is -2.14. The zero-order valence-corrected chi connectivity index (χ0v) is 13.0. The van der Waals surface area contributed by atoms with Gasteiger partial charge >= 0.3 is 5.69 Å². The second-order valence-electron chi connectivity index (χ2n) is 4.76. The third-order valence-corrected chi connectivity index (χ3v) is 3.67. The van der Waals surface area contributed by atoms with Crippen LogP contribution in [0.3, 0.4) is 0 Å². The first kappa shape index (κ1) is 15.1. The van der Waals surface area contributed by atoms with Gasteiger partial charge in [-0.05, 0) is 27.7 Å². The van der Waals surface area contributed by atoms with Crippen molar-refractivity contribution in [2.24, 2.45) is 0 Å². The summed E-state index contributed by atoms with van der Waals surface area (Å²) in [6.07, 6.45) is 1.29. The third-order valence-electron chi connectivity index (χ3n) is 2.68. The van der Waals surface area contributed by atoms with Crippen LogP contribution in [0.4, 0.5) is 22.5 Å². The maximum absolute atomic E-state index is 11.3. The van der Waals surface area contributed by atoms with Crippen LogP contribution >= 0.6 is 11.3 Å². The summed E-state index contributed by atoms with van der Waals surface area (Å²) in [6, 6.07) is 0.0239. The van der Waals surface area contributed by atoms with Crippen molar-refractivity contribution in [2.45, 2.75) is 33.7 Å². The van der Waals surface area contributed by atoms with Crippen LogP contribution in [-0.2, 0) is 0 Å². The highest BCUT2D eigenvalue weighted by Gasteiger charge is 2.24. The van der Waals surface area contributed by atoms with Crippen molar-refractivity contribution in [3.8, 4) is 0 Å². The lowest BCUT2D eigenvalue weighted by Gasteiger charge is -2.10. The normalized spacial score (nSPS) is 10.7. The first-order valence-corrected chi connectivity index (χ1v) is 7.17. The number of nitrogens with one attached hydrogen (secondary N) is 2. The molecule has 112 valence electrons. The van der Waals surface area contributed by atoms with Gasteiger partial charge in [0.2, 0.25) is 11.6 Å². The van der Waals surface area contributed by atoms with Gasteiger partial charge in [-0.25, -0.2) is 15.0 Å². The molecule has 0 bridgehead atoms. The van der Waals surface area contributed by atoms with E-state index in [1.807, 2.05) is 27.7 Å². The lowest BCUT2D eigenvalue weighted by molar-refractivity contribution is -0.383. The van der Waals surface area contributed by atoms with E-state index in [-0.39, 0.29) is 23.4 Å². The second kappa shape index (κ2) is 6.00. The van der Waals surface area contributed by atoms with Gasteiger partial charge in [-0.3, -0.25) is 10.1 Å². The quantitative estimate of drug-likeness (QED) is 0.646. The number of rotatable bonds is 5. The first-order valence-electron chi connectivity index (χ1n) is 6.35. The summed E-state index contributed by atoms with van der Waals surface area (Å²) < 4.78 is 0. The van der Waals surface area contributed by atoms with E-state index in [1.54, 1.807) is 0 Å². The highest BCUT2D eigenvalue weighted by atomic mass is 32.1. The standard InChI is InChI=1S/C12H16N6O2S/c1-6(2)15-10-9(18(19)20)11(14-5-13-10)17-12-16-7(3)8(4)21-12/h5-6H,1-4H3,(H2,13,14,15,16,17). The molecule has 21 heavy (non-hydrogen) atoms. The van der Waals surface area contributed by atoms with Gasteiger partial charge in [0.25, 0.3) is 0 Å². The summed E-state index contributed by atoms with van der Waals surface area (Å²) in [7, 11) is 0. The molecule has 2 heterocycles. The molecule has 0 radical (unpaired) electrons. The van der Waals surface area contributed by atoms with Crippen LogP contribution in [0.15, 0.2) is 6.33 Å². The Balaban J connectivity index is 2.40. The van der Waals surface area contributed by atoms with Crippen molar-refractivity contribution in [3.05, 3.63) is 27.0 Å². The number of anilines is 3. The molecule has 0 aliphatic carbocycles. The summed E-state index contributed by atoms with van der Waals surface area (Å²) in [4.78, 5) is 24.1. The van der Waals surface area contributed by atoms with E-state index >= 15 is 0 Å². The van der Waals surface area contributed by atoms with E-state index in [0.717, 1.165) is 10.6 Å². The van der Waals surface area contributed by atoms with Gasteiger partial charge in [0.15, 0.2) is 5.13 Å². The van der Waals surface area contributed by atoms with Crippen molar-refractivity contribution in [3.63, 3.8) is 0 Å². The maximum atomic E-state index is 11.3. The predicted octanol–water partition coefficient (Wildman–Crippen LogP) is 3.02. The Morgan fingerprint density at radius 1 is 1.29 bits per heavy atom. The van der Waals surface area contributed by atoms with E-state index in [0.29, 0.717) is 5.13 Å². The summed E-state index contributed by atoms with van der Waals surface area (Å²) in [5.74, 6) is 0.324. The number of aromatic nitrogens is 3. The molecule has 0 saturated heterocycles. The minimum absolute atomic E-state index is 0.0239. The molecule has 0 fully saturated rings. The van der Waals surface area contributed by atoms with Gasteiger partial charge in [-0.1, -0.05) is 0 Å². The number of thiazole rings is 1. The zero-order valence-electron chi connectivity index (χ0n) is 12.2. The van der Waals surface area contributed by atoms with Crippen LogP contribution in [0.1, 0.15) is 24.4 Å². The SMILES string of the molecule is Cc1nc(Nc2ncnc(NC(C)C)c2[N+](=O)[O-])sc1C. The Bertz CT molecular complexity index is 650. The van der Waals surface area contributed by atoms with Crippen LogP contribution in [-0.4, -0.2) is 25.9 Å². The van der Waals surface area contributed by atoms with Gasteiger partial charge in [0, 0.05) is 10.9 Å². The van der Waals surface area contributed by atoms with Gasteiger partial charge in [0.1, 0.15) is 6.33 Å². The summed E-state index contributed by atoms with van der Waals surface area (Å²) in [5.41, 5.74) is 0.705. The monoisotopic (exact) mass is 308 g/mol. The average molecular weight is 308 g/mol. The van der Waals surface area contributed by atoms with Crippen LogP contribution in [0.5, 0.6) is 0 Å². The minimum Gasteiger partial charge on any atom is -0.362 e. The molecule has 2 N–H and O–H groups in total. The molecular weight excluding hydrogens is 292 g/mol. The molecule has 0 saturated carbocycles. The molecule has 8 nitrogen and oxygen atoms in total. The highest BCUT2D eigenvalue weighted by molar-refractivity contribution is 7.15. The number of nitro groups is 1. The number of hydrogen-bond acceptors (Lipinski definition) is 8. The Morgan fingerprint density at radius 2 is 1.95 bits per heavy atom. The minimum atomic E-state index is -0.500. The van der Waals surface area contributed by atoms with Gasteiger partial charge < -0.3 is 10.6 Å². The fraction of sp³-hybridized carbons (Fsp3) is 0.417. The Kier molecular flexibility index (Phi) is 4.32. The van der Waals surface area contributed by atoms with Crippen molar-refractivity contribution < 1.29 is 4.92 Å². The van der Waals surface area contributed by atoms with Crippen molar-refractivity contribution in [2.75, 3.05) is 10.6 Å². The second-order valence-corrected chi connectivity index (χ2v) is 5.96. The molecule has 2 aromatic rings. The van der Waals surface area contributed by atoms with E-state index in [4.69, 9.17) is 0 Å². The molecule has 2 aromatic heterocycles. The summed E-state index contributed by atoms with van der Waals surface area (Å²) >= 11 is 1.42. The van der Waals surface area contributed by atoms with Gasteiger partial charge in [-0.15, -0.1) is 11.3 Å². The van der Waals surface area contributed by atoms with Crippen LogP contribution in [0, 0.1) is 24.0 Å². The molecule has 0 aliphatic heterocycles. The molecule has 0 unspecified atom stereocenters. The number of aryl methyl sites for hydroxylation is 2. The van der Waals surface area contributed by atoms with Crippen LogP contribution in [0.25, 0.3) is 0 Å². The average Bonchev–Trinajstić information content (AvgIpc) is 2.67. The third kappa shape index (κ3) is 3.43. The van der Waals surface area contributed by atoms with Gasteiger partial charge in [-0.2, -0.15) is 0 Å². The Morgan fingerprint density at radius 3 is 2.48 bits per heavy atom. The molecule has 9 heteroatoms. The Labute approximate surface area is 125 Å². The maximum Gasteiger partial charge on any atom is 0.353 e. The summed E-state index contributed by atoms with van der Waals surface area (Å²) in [5, 5.41) is 17.7. The van der Waals surface area contributed by atoms with Gasteiger partial charge in [0.05, 0.1) is 10.6 Å². The van der Waals surface area contributed by atoms with Crippen LogP contribution in [0.2, 0.25) is 0 Å². The number of nitrogens with zero attached hydrogens (tertiary/aromatic N) is 4. The smallest absolute Gasteiger partial charge is 0.353 e. The van der Waals surface area contributed by atoms with Crippen LogP contribution < -0.4 is 10.6 Å². The first-order chi connectivity index (χ1) is 9.88. The molecular formula is C12H16N6O2S.